The number of hydrogen-bond acceptors (Lipinski definition) is 5. The number of rotatable bonds is 3. The Bertz CT molecular complexity index is 588. The summed E-state index contributed by atoms with van der Waals surface area (Å²) in [6.45, 7) is 4.60. The van der Waals surface area contributed by atoms with Gasteiger partial charge in [-0.25, -0.2) is 4.39 Å². The molecule has 112 valence electrons. The molecule has 6 heteroatoms. The minimum absolute atomic E-state index is 0.154. The number of nitrogens with zero attached hydrogens (tertiary/aromatic N) is 2. The van der Waals surface area contributed by atoms with Crippen LogP contribution in [0.2, 0.25) is 0 Å². The lowest BCUT2D eigenvalue weighted by molar-refractivity contribution is -0.140. The van der Waals surface area contributed by atoms with Crippen molar-refractivity contribution in [2.75, 3.05) is 13.2 Å². The van der Waals surface area contributed by atoms with E-state index < -0.39 is 17.6 Å². The molecule has 0 bridgehead atoms. The summed E-state index contributed by atoms with van der Waals surface area (Å²) in [6, 6.07) is -0.666. The monoisotopic (exact) mass is 292 g/mol. The van der Waals surface area contributed by atoms with Crippen LogP contribution in [0.15, 0.2) is 18.6 Å². The second-order valence-electron chi connectivity index (χ2n) is 5.67. The van der Waals surface area contributed by atoms with Gasteiger partial charge < -0.3 is 19.2 Å². The van der Waals surface area contributed by atoms with Gasteiger partial charge >= 0.3 is 0 Å². The van der Waals surface area contributed by atoms with Crippen LogP contribution in [0.25, 0.3) is 6.08 Å². The van der Waals surface area contributed by atoms with E-state index in [0.29, 0.717) is 24.3 Å². The van der Waals surface area contributed by atoms with Gasteiger partial charge in [0.1, 0.15) is 24.2 Å². The van der Waals surface area contributed by atoms with Crippen LogP contribution in [0, 0.1) is 5.82 Å². The third kappa shape index (κ3) is 2.69. The molecule has 1 unspecified atom stereocenters. The molecule has 0 radical (unpaired) electrons. The summed E-state index contributed by atoms with van der Waals surface area (Å²) in [5.74, 6) is -1.09. The highest BCUT2D eigenvalue weighted by Gasteiger charge is 2.35. The van der Waals surface area contributed by atoms with Crippen LogP contribution in [0.4, 0.5) is 4.39 Å². The fourth-order valence-electron chi connectivity index (χ4n) is 2.75. The lowest BCUT2D eigenvalue weighted by atomic mass is 9.98. The number of aromatic nitrogens is 1. The molecule has 21 heavy (non-hydrogen) atoms. The van der Waals surface area contributed by atoms with Crippen molar-refractivity contribution in [3.8, 4) is 0 Å². The molecule has 0 aliphatic carbocycles. The predicted octanol–water partition coefficient (Wildman–Crippen LogP) is 1.90. The van der Waals surface area contributed by atoms with Crippen molar-refractivity contribution in [3.63, 3.8) is 0 Å². The number of carbonyl (C=O) groups excluding carboxylic acids is 1. The molecule has 0 aromatic carbocycles. The molecule has 0 saturated carbocycles. The molecular weight excluding hydrogens is 275 g/mol. The summed E-state index contributed by atoms with van der Waals surface area (Å²) in [7, 11) is 0. The Labute approximate surface area is 122 Å². The zero-order valence-corrected chi connectivity index (χ0v) is 12.0. The third-order valence-electron chi connectivity index (χ3n) is 3.68. The van der Waals surface area contributed by atoms with Crippen molar-refractivity contribution in [1.29, 1.82) is 0 Å². The molecule has 2 atom stereocenters. The highest BCUT2D eigenvalue weighted by atomic mass is 19.1. The molecule has 0 N–H and O–H groups in total. The molecular formula is C15H17FN2O3. The molecule has 5 nitrogen and oxygen atoms in total. The van der Waals surface area contributed by atoms with Crippen molar-refractivity contribution < 1.29 is 18.7 Å². The van der Waals surface area contributed by atoms with Crippen LogP contribution in [-0.2, 0) is 14.3 Å². The van der Waals surface area contributed by atoms with Gasteiger partial charge in [-0.3, -0.25) is 4.98 Å². The lowest BCUT2D eigenvalue weighted by Crippen LogP contribution is -2.36. The van der Waals surface area contributed by atoms with Crippen LogP contribution in [-0.4, -0.2) is 41.2 Å². The zero-order valence-electron chi connectivity index (χ0n) is 12.0. The van der Waals surface area contributed by atoms with Crippen LogP contribution >= 0.6 is 0 Å². The number of aldehydes is 1. The van der Waals surface area contributed by atoms with Crippen molar-refractivity contribution >= 4 is 12.4 Å². The molecule has 2 aliphatic heterocycles. The van der Waals surface area contributed by atoms with Gasteiger partial charge in [-0.2, -0.15) is 0 Å². The van der Waals surface area contributed by atoms with E-state index in [-0.39, 0.29) is 6.10 Å². The van der Waals surface area contributed by atoms with E-state index >= 15 is 0 Å². The number of fused-ring (bicyclic) bond motifs is 1. The Hall–Kier alpha value is -1.79. The Kier molecular flexibility index (Phi) is 3.51. The van der Waals surface area contributed by atoms with E-state index in [1.165, 1.54) is 0 Å². The van der Waals surface area contributed by atoms with Crippen molar-refractivity contribution in [1.82, 2.24) is 9.88 Å². The molecule has 0 amide bonds. The number of carbonyl (C=O) groups is 1. The largest absolute Gasteiger partial charge is 0.361 e. The highest BCUT2D eigenvalue weighted by molar-refractivity contribution is 5.69. The predicted molar refractivity (Wildman–Crippen MR) is 73.6 cm³/mol. The van der Waals surface area contributed by atoms with E-state index in [1.807, 2.05) is 13.8 Å². The molecule has 3 rings (SSSR count). The second-order valence-corrected chi connectivity index (χ2v) is 5.67. The quantitative estimate of drug-likeness (QED) is 0.796. The van der Waals surface area contributed by atoms with Crippen LogP contribution in [0.5, 0.6) is 0 Å². The van der Waals surface area contributed by atoms with Crippen molar-refractivity contribution in [3.05, 3.63) is 35.5 Å². The molecule has 1 fully saturated rings. The van der Waals surface area contributed by atoms with Gasteiger partial charge in [-0.1, -0.05) is 0 Å². The topological polar surface area (TPSA) is 51.7 Å². The fraction of sp³-hybridized carbons (Fsp3) is 0.467. The molecule has 1 aromatic heterocycles. The van der Waals surface area contributed by atoms with Gasteiger partial charge in [0.15, 0.2) is 5.79 Å². The van der Waals surface area contributed by atoms with Gasteiger partial charge in [-0.15, -0.1) is 0 Å². The Morgan fingerprint density at radius 3 is 3.00 bits per heavy atom. The summed E-state index contributed by atoms with van der Waals surface area (Å²) < 4.78 is 25.2. The number of halogens is 1. The molecule has 1 aromatic rings. The first-order chi connectivity index (χ1) is 10.00. The second kappa shape index (κ2) is 5.20. The maximum absolute atomic E-state index is 14.0. The van der Waals surface area contributed by atoms with Gasteiger partial charge in [0.05, 0.1) is 12.8 Å². The van der Waals surface area contributed by atoms with Gasteiger partial charge in [0, 0.05) is 30.1 Å². The first kappa shape index (κ1) is 14.2. The van der Waals surface area contributed by atoms with Crippen molar-refractivity contribution in [2.45, 2.75) is 31.8 Å². The fourth-order valence-corrected chi connectivity index (χ4v) is 2.75. The van der Waals surface area contributed by atoms with Gasteiger partial charge in [-0.05, 0) is 19.9 Å². The molecule has 3 heterocycles. The van der Waals surface area contributed by atoms with E-state index in [0.717, 1.165) is 12.5 Å². The summed E-state index contributed by atoms with van der Waals surface area (Å²) in [6.07, 6.45) is 6.81. The standard InChI is InChI=1S/C15H17FN2O3/c1-15(2)20-9-11(21-15)7-18-4-3-10-5-17-6-12(16)14(10)13(18)8-19/h3-6,8,11,13H,7,9H2,1-2H3/t11?,13-/m1/s1. The van der Waals surface area contributed by atoms with Crippen LogP contribution in [0.1, 0.15) is 31.0 Å². The Morgan fingerprint density at radius 1 is 1.52 bits per heavy atom. The summed E-state index contributed by atoms with van der Waals surface area (Å²) in [4.78, 5) is 17.0. The zero-order chi connectivity index (χ0) is 15.0. The maximum atomic E-state index is 14.0. The normalized spacial score (nSPS) is 26.7. The smallest absolute Gasteiger partial charge is 0.163 e. The maximum Gasteiger partial charge on any atom is 0.163 e. The molecule has 1 saturated heterocycles. The van der Waals surface area contributed by atoms with E-state index in [9.17, 15) is 9.18 Å². The molecule has 2 aliphatic rings. The highest BCUT2D eigenvalue weighted by Crippen LogP contribution is 2.32. The van der Waals surface area contributed by atoms with E-state index in [1.54, 1.807) is 23.4 Å². The SMILES string of the molecule is CC1(C)OCC(CN2C=Cc3cncc(F)c3[C@H]2C=O)O1. The average Bonchev–Trinajstić information content (AvgIpc) is 2.78. The van der Waals surface area contributed by atoms with E-state index in [4.69, 9.17) is 9.47 Å². The number of pyridine rings is 1. The number of ether oxygens (including phenoxy) is 2. The third-order valence-corrected chi connectivity index (χ3v) is 3.68. The van der Waals surface area contributed by atoms with Gasteiger partial charge in [0.2, 0.25) is 0 Å². The summed E-state index contributed by atoms with van der Waals surface area (Å²) in [5, 5.41) is 0. The van der Waals surface area contributed by atoms with E-state index in [2.05, 4.69) is 4.98 Å². The summed E-state index contributed by atoms with van der Waals surface area (Å²) in [5.41, 5.74) is 0.993. The average molecular weight is 292 g/mol. The number of hydrogen-bond donors (Lipinski definition) is 0. The first-order valence-electron chi connectivity index (χ1n) is 6.84. The lowest BCUT2D eigenvalue weighted by Gasteiger charge is -2.33. The van der Waals surface area contributed by atoms with Crippen molar-refractivity contribution in [2.24, 2.45) is 0 Å². The Balaban J connectivity index is 1.82. The first-order valence-corrected chi connectivity index (χ1v) is 6.84. The van der Waals surface area contributed by atoms with Crippen LogP contribution < -0.4 is 0 Å². The Morgan fingerprint density at radius 2 is 2.33 bits per heavy atom. The summed E-state index contributed by atoms with van der Waals surface area (Å²) >= 11 is 0. The van der Waals surface area contributed by atoms with Crippen LogP contribution in [0.3, 0.4) is 0 Å². The minimum Gasteiger partial charge on any atom is -0.361 e. The van der Waals surface area contributed by atoms with Gasteiger partial charge in [0.25, 0.3) is 0 Å². The minimum atomic E-state index is -0.666. The molecule has 0 spiro atoms.